The molecule has 0 aliphatic rings. The summed E-state index contributed by atoms with van der Waals surface area (Å²) in [6.07, 6.45) is 0. The van der Waals surface area contributed by atoms with Crippen LogP contribution in [0.2, 0.25) is 10.2 Å². The lowest BCUT2D eigenvalue weighted by atomic mass is 10.1. The fourth-order valence-electron chi connectivity index (χ4n) is 4.21. The van der Waals surface area contributed by atoms with E-state index in [0.29, 0.717) is 44.1 Å². The number of nitrogen functional groups attached to an aromatic ring is 1. The number of rotatable bonds is 5. The highest BCUT2D eigenvalue weighted by molar-refractivity contribution is 9.10. The van der Waals surface area contributed by atoms with Crippen LogP contribution in [0.5, 0.6) is 0 Å². The highest BCUT2D eigenvalue weighted by Crippen LogP contribution is 2.38. The van der Waals surface area contributed by atoms with E-state index in [0.717, 1.165) is 21.4 Å². The Morgan fingerprint density at radius 2 is 1.59 bits per heavy atom. The van der Waals surface area contributed by atoms with Crippen LogP contribution in [0.25, 0.3) is 33.8 Å². The molecule has 0 unspecified atom stereocenters. The van der Waals surface area contributed by atoms with Crippen molar-refractivity contribution in [2.24, 2.45) is 10.2 Å². The van der Waals surface area contributed by atoms with Crippen molar-refractivity contribution in [2.45, 2.75) is 6.92 Å². The van der Waals surface area contributed by atoms with Crippen LogP contribution >= 0.6 is 39.1 Å². The molecule has 3 aromatic heterocycles. The van der Waals surface area contributed by atoms with Crippen LogP contribution in [0, 0.1) is 6.92 Å². The highest BCUT2D eigenvalue weighted by Gasteiger charge is 2.23. The number of nitrogens with two attached hydrogens (primary N) is 1. The Kier molecular flexibility index (Phi) is 6.64. The Hall–Kier alpha value is -4.05. The smallest absolute Gasteiger partial charge is 0.186 e. The number of fused-ring (bicyclic) bond motifs is 1. The van der Waals surface area contributed by atoms with Gasteiger partial charge in [0.15, 0.2) is 17.2 Å². The Labute approximate surface area is 241 Å². The molecule has 3 aromatic carbocycles. The fourth-order valence-corrected chi connectivity index (χ4v) is 4.97. The molecule has 0 saturated carbocycles. The standard InChI is InChI=1S/C28H19BrCl2N8/c1-16-24(26(31)38(36-16)21-5-3-2-4-6-21)23-15-22(17-7-9-18(29)10-8-17)33-28-25(27(32)37-39(23)28)35-34-20-13-11-19(30)12-14-20/h2-15H,1H3,(H2,32,37). The molecule has 0 bridgehead atoms. The molecule has 39 heavy (non-hydrogen) atoms. The summed E-state index contributed by atoms with van der Waals surface area (Å²) in [5, 5.41) is 19.1. The molecule has 0 atom stereocenters. The molecular weight excluding hydrogens is 599 g/mol. The molecule has 2 N–H and O–H groups in total. The van der Waals surface area contributed by atoms with Crippen LogP contribution in [0.3, 0.4) is 0 Å². The van der Waals surface area contributed by atoms with Gasteiger partial charge in [-0.2, -0.15) is 10.2 Å². The van der Waals surface area contributed by atoms with Gasteiger partial charge in [-0.25, -0.2) is 14.2 Å². The van der Waals surface area contributed by atoms with E-state index in [1.807, 2.05) is 67.6 Å². The normalized spacial score (nSPS) is 11.6. The van der Waals surface area contributed by atoms with Gasteiger partial charge in [0.2, 0.25) is 0 Å². The molecule has 3 heterocycles. The van der Waals surface area contributed by atoms with E-state index in [2.05, 4.69) is 31.3 Å². The van der Waals surface area contributed by atoms with Gasteiger partial charge in [0.25, 0.3) is 0 Å². The van der Waals surface area contributed by atoms with Crippen LogP contribution in [0.4, 0.5) is 17.2 Å². The van der Waals surface area contributed by atoms with E-state index in [1.54, 1.807) is 33.5 Å². The summed E-state index contributed by atoms with van der Waals surface area (Å²) in [7, 11) is 0. The molecule has 6 aromatic rings. The largest absolute Gasteiger partial charge is 0.380 e. The molecule has 0 spiro atoms. The van der Waals surface area contributed by atoms with Crippen LogP contribution in [-0.2, 0) is 0 Å². The van der Waals surface area contributed by atoms with Crippen LogP contribution < -0.4 is 5.73 Å². The molecular formula is C28H19BrCl2N8. The first kappa shape index (κ1) is 25.2. The molecule has 6 rings (SSSR count). The van der Waals surface area contributed by atoms with E-state index in [1.165, 1.54) is 0 Å². The molecule has 8 nitrogen and oxygen atoms in total. The maximum absolute atomic E-state index is 6.97. The fraction of sp³-hybridized carbons (Fsp3) is 0.0357. The molecule has 192 valence electrons. The van der Waals surface area contributed by atoms with Gasteiger partial charge in [-0.15, -0.1) is 10.2 Å². The number of nitrogens with zero attached hydrogens (tertiary/aromatic N) is 7. The van der Waals surface area contributed by atoms with Crippen molar-refractivity contribution < 1.29 is 0 Å². The SMILES string of the molecule is Cc1nn(-c2ccccc2)c(Cl)c1-c1cc(-c2ccc(Br)cc2)nc2c(N=Nc3ccc(Cl)cc3)c(N)nn12. The second kappa shape index (κ2) is 10.3. The molecule has 0 radical (unpaired) electrons. The monoisotopic (exact) mass is 616 g/mol. The van der Waals surface area contributed by atoms with Gasteiger partial charge < -0.3 is 5.73 Å². The first-order chi connectivity index (χ1) is 18.9. The number of para-hydroxylation sites is 1. The first-order valence-corrected chi connectivity index (χ1v) is 13.4. The summed E-state index contributed by atoms with van der Waals surface area (Å²) in [5.74, 6) is 0.179. The lowest BCUT2D eigenvalue weighted by molar-refractivity contribution is 0.863. The van der Waals surface area contributed by atoms with Crippen molar-refractivity contribution in [2.75, 3.05) is 5.73 Å². The summed E-state index contributed by atoms with van der Waals surface area (Å²) in [4.78, 5) is 4.89. The number of benzene rings is 3. The maximum Gasteiger partial charge on any atom is 0.186 e. The predicted molar refractivity (Wildman–Crippen MR) is 158 cm³/mol. The zero-order chi connectivity index (χ0) is 27.1. The third-order valence-corrected chi connectivity index (χ3v) is 7.21. The number of hydrogen-bond donors (Lipinski definition) is 1. The summed E-state index contributed by atoms with van der Waals surface area (Å²) in [6.45, 7) is 1.90. The Morgan fingerprint density at radius 3 is 2.31 bits per heavy atom. The lowest BCUT2D eigenvalue weighted by Gasteiger charge is -2.09. The molecule has 0 aliphatic carbocycles. The molecule has 0 saturated heterocycles. The second-order valence-corrected chi connectivity index (χ2v) is 10.4. The average molecular weight is 618 g/mol. The second-order valence-electron chi connectivity index (χ2n) is 8.68. The average Bonchev–Trinajstić information content (AvgIpc) is 3.43. The van der Waals surface area contributed by atoms with Gasteiger partial charge in [0.05, 0.1) is 34.0 Å². The summed E-state index contributed by atoms with van der Waals surface area (Å²) < 4.78 is 4.30. The minimum absolute atomic E-state index is 0.179. The van der Waals surface area contributed by atoms with Crippen molar-refractivity contribution >= 4 is 62.0 Å². The predicted octanol–water partition coefficient (Wildman–Crippen LogP) is 8.62. The van der Waals surface area contributed by atoms with Crippen molar-refractivity contribution in [3.8, 4) is 28.2 Å². The molecule has 11 heteroatoms. The number of azo groups is 1. The van der Waals surface area contributed by atoms with E-state index in [-0.39, 0.29) is 5.82 Å². The van der Waals surface area contributed by atoms with Crippen molar-refractivity contribution in [1.82, 2.24) is 24.4 Å². The molecule has 0 amide bonds. The van der Waals surface area contributed by atoms with Crippen LogP contribution in [-0.4, -0.2) is 24.4 Å². The minimum Gasteiger partial charge on any atom is -0.380 e. The van der Waals surface area contributed by atoms with Crippen molar-refractivity contribution in [1.29, 1.82) is 0 Å². The van der Waals surface area contributed by atoms with Gasteiger partial charge in [-0.3, -0.25) is 0 Å². The van der Waals surface area contributed by atoms with Gasteiger partial charge in [-0.1, -0.05) is 69.5 Å². The van der Waals surface area contributed by atoms with E-state index < -0.39 is 0 Å². The quantitative estimate of drug-likeness (QED) is 0.196. The number of anilines is 1. The number of hydrogen-bond acceptors (Lipinski definition) is 6. The minimum atomic E-state index is 0.179. The zero-order valence-electron chi connectivity index (χ0n) is 20.4. The third kappa shape index (κ3) is 4.80. The first-order valence-electron chi connectivity index (χ1n) is 11.8. The summed E-state index contributed by atoms with van der Waals surface area (Å²) in [5.41, 5.74) is 12.3. The van der Waals surface area contributed by atoms with Gasteiger partial charge >= 0.3 is 0 Å². The summed E-state index contributed by atoms with van der Waals surface area (Å²) >= 11 is 16.5. The third-order valence-electron chi connectivity index (χ3n) is 6.08. The van der Waals surface area contributed by atoms with Gasteiger partial charge in [0.1, 0.15) is 5.15 Å². The van der Waals surface area contributed by atoms with Gasteiger partial charge in [-0.05, 0) is 61.5 Å². The molecule has 0 fully saturated rings. The van der Waals surface area contributed by atoms with Crippen LogP contribution in [0.15, 0.2) is 99.6 Å². The maximum atomic E-state index is 6.97. The van der Waals surface area contributed by atoms with Crippen molar-refractivity contribution in [3.63, 3.8) is 0 Å². The Balaban J connectivity index is 1.59. The van der Waals surface area contributed by atoms with Crippen molar-refractivity contribution in [3.05, 3.63) is 105 Å². The highest BCUT2D eigenvalue weighted by atomic mass is 79.9. The van der Waals surface area contributed by atoms with Crippen LogP contribution in [0.1, 0.15) is 5.69 Å². The number of aromatic nitrogens is 5. The van der Waals surface area contributed by atoms with E-state index >= 15 is 0 Å². The number of aryl methyl sites for hydroxylation is 1. The topological polar surface area (TPSA) is 98.8 Å². The van der Waals surface area contributed by atoms with E-state index in [9.17, 15) is 0 Å². The number of halogens is 3. The van der Waals surface area contributed by atoms with E-state index in [4.69, 9.17) is 39.0 Å². The summed E-state index contributed by atoms with van der Waals surface area (Å²) in [6, 6.07) is 26.5. The lowest BCUT2D eigenvalue weighted by Crippen LogP contribution is -2.00. The Bertz CT molecular complexity index is 1840. The Morgan fingerprint density at radius 1 is 0.872 bits per heavy atom. The van der Waals surface area contributed by atoms with Gasteiger partial charge in [0, 0.05) is 15.1 Å². The zero-order valence-corrected chi connectivity index (χ0v) is 23.5. The molecule has 0 aliphatic heterocycles.